The zero-order valence-corrected chi connectivity index (χ0v) is 13.2. The number of carbonyl (C=O) groups excluding carboxylic acids is 1. The smallest absolute Gasteiger partial charge is 0.325 e. The molecule has 0 atom stereocenters. The van der Waals surface area contributed by atoms with Crippen molar-refractivity contribution in [1.82, 2.24) is 0 Å². The Bertz CT molecular complexity index is 505. The van der Waals surface area contributed by atoms with Crippen molar-refractivity contribution >= 4 is 33.3 Å². The Balaban J connectivity index is 3.03. The van der Waals surface area contributed by atoms with Crippen LogP contribution in [0.2, 0.25) is 0 Å². The van der Waals surface area contributed by atoms with Crippen LogP contribution in [0.3, 0.4) is 0 Å². The molecule has 0 saturated heterocycles. The first kappa shape index (κ1) is 16.4. The molecule has 1 aromatic rings. The Morgan fingerprint density at radius 3 is 2.60 bits per heavy atom. The van der Waals surface area contributed by atoms with E-state index in [9.17, 15) is 14.9 Å². The summed E-state index contributed by atoms with van der Waals surface area (Å²) in [7, 11) is 0. The maximum absolute atomic E-state index is 11.6. The lowest BCUT2D eigenvalue weighted by Gasteiger charge is -2.28. The normalized spacial score (nSPS) is 10.4. The molecular weight excluding hydrogens is 328 g/mol. The van der Waals surface area contributed by atoms with Crippen molar-refractivity contribution in [3.05, 3.63) is 32.8 Å². The molecule has 20 heavy (non-hydrogen) atoms. The van der Waals surface area contributed by atoms with E-state index in [4.69, 9.17) is 4.74 Å². The Kier molecular flexibility index (Phi) is 5.94. The highest BCUT2D eigenvalue weighted by molar-refractivity contribution is 9.10. The maximum Gasteiger partial charge on any atom is 0.325 e. The van der Waals surface area contributed by atoms with Gasteiger partial charge in [-0.25, -0.2) is 0 Å². The number of esters is 1. The number of nitrogens with zero attached hydrogens (tertiary/aromatic N) is 2. The van der Waals surface area contributed by atoms with Crippen molar-refractivity contribution in [2.45, 2.75) is 26.8 Å². The number of hydrogen-bond donors (Lipinski definition) is 0. The number of halogens is 1. The minimum atomic E-state index is -0.459. The van der Waals surface area contributed by atoms with E-state index < -0.39 is 4.92 Å². The van der Waals surface area contributed by atoms with Gasteiger partial charge in [-0.3, -0.25) is 14.9 Å². The van der Waals surface area contributed by atoms with Gasteiger partial charge in [-0.1, -0.05) is 0 Å². The first-order valence-electron chi connectivity index (χ1n) is 6.23. The minimum absolute atomic E-state index is 0.000431. The molecule has 1 rings (SSSR count). The van der Waals surface area contributed by atoms with E-state index in [0.29, 0.717) is 11.1 Å². The fourth-order valence-electron chi connectivity index (χ4n) is 1.73. The quantitative estimate of drug-likeness (QED) is 0.450. The van der Waals surface area contributed by atoms with Gasteiger partial charge < -0.3 is 9.64 Å². The third-order valence-corrected chi connectivity index (χ3v) is 3.31. The van der Waals surface area contributed by atoms with Crippen LogP contribution in [0, 0.1) is 10.1 Å². The Labute approximate surface area is 126 Å². The standard InChI is InChI=1S/C13H17BrN2O4/c1-4-20-13(17)8-15(9(2)3)12-6-5-10(16(18)19)7-11(12)14/h5-7,9H,4,8H2,1-3H3. The third-order valence-electron chi connectivity index (χ3n) is 2.68. The fourth-order valence-corrected chi connectivity index (χ4v) is 2.33. The highest BCUT2D eigenvalue weighted by atomic mass is 79.9. The molecule has 0 amide bonds. The molecule has 6 nitrogen and oxygen atoms in total. The van der Waals surface area contributed by atoms with Gasteiger partial charge >= 0.3 is 5.97 Å². The summed E-state index contributed by atoms with van der Waals surface area (Å²) < 4.78 is 5.52. The van der Waals surface area contributed by atoms with E-state index in [1.807, 2.05) is 18.7 Å². The van der Waals surface area contributed by atoms with E-state index in [1.165, 1.54) is 12.1 Å². The summed E-state index contributed by atoms with van der Waals surface area (Å²) >= 11 is 3.32. The van der Waals surface area contributed by atoms with E-state index >= 15 is 0 Å². The van der Waals surface area contributed by atoms with Crippen LogP contribution < -0.4 is 4.90 Å². The van der Waals surface area contributed by atoms with E-state index in [2.05, 4.69) is 15.9 Å². The molecule has 0 saturated carbocycles. The Morgan fingerprint density at radius 1 is 1.50 bits per heavy atom. The number of nitro groups is 1. The van der Waals surface area contributed by atoms with Crippen LogP contribution in [-0.2, 0) is 9.53 Å². The number of hydrogen-bond acceptors (Lipinski definition) is 5. The van der Waals surface area contributed by atoms with Gasteiger partial charge in [0, 0.05) is 22.6 Å². The lowest BCUT2D eigenvalue weighted by Crippen LogP contribution is -2.36. The van der Waals surface area contributed by atoms with E-state index in [-0.39, 0.29) is 24.2 Å². The monoisotopic (exact) mass is 344 g/mol. The summed E-state index contributed by atoms with van der Waals surface area (Å²) in [5.41, 5.74) is 0.721. The molecule has 1 aromatic carbocycles. The zero-order valence-electron chi connectivity index (χ0n) is 11.6. The predicted molar refractivity (Wildman–Crippen MR) is 79.9 cm³/mol. The van der Waals surface area contributed by atoms with Gasteiger partial charge in [0.15, 0.2) is 0 Å². The van der Waals surface area contributed by atoms with Crippen LogP contribution in [0.4, 0.5) is 11.4 Å². The summed E-state index contributed by atoms with van der Waals surface area (Å²) in [6.45, 7) is 6.05. The highest BCUT2D eigenvalue weighted by Gasteiger charge is 2.19. The molecule has 0 aliphatic rings. The molecule has 0 aliphatic heterocycles. The van der Waals surface area contributed by atoms with Gasteiger partial charge in [-0.05, 0) is 42.8 Å². The zero-order chi connectivity index (χ0) is 15.3. The van der Waals surface area contributed by atoms with Gasteiger partial charge in [-0.2, -0.15) is 0 Å². The second-order valence-corrected chi connectivity index (χ2v) is 5.27. The van der Waals surface area contributed by atoms with Crippen molar-refractivity contribution in [3.8, 4) is 0 Å². The summed E-state index contributed by atoms with van der Waals surface area (Å²) in [4.78, 5) is 23.7. The van der Waals surface area contributed by atoms with Crippen LogP contribution in [0.25, 0.3) is 0 Å². The van der Waals surface area contributed by atoms with E-state index in [1.54, 1.807) is 13.0 Å². The van der Waals surface area contributed by atoms with Crippen LogP contribution >= 0.6 is 15.9 Å². The fraction of sp³-hybridized carbons (Fsp3) is 0.462. The van der Waals surface area contributed by atoms with Crippen molar-refractivity contribution in [1.29, 1.82) is 0 Å². The van der Waals surface area contributed by atoms with Gasteiger partial charge in [0.25, 0.3) is 5.69 Å². The molecule has 110 valence electrons. The molecule has 0 aliphatic carbocycles. The van der Waals surface area contributed by atoms with E-state index in [0.717, 1.165) is 5.69 Å². The molecule has 0 heterocycles. The predicted octanol–water partition coefficient (Wildman–Crippen LogP) is 3.14. The van der Waals surface area contributed by atoms with Crippen molar-refractivity contribution in [2.24, 2.45) is 0 Å². The number of rotatable bonds is 6. The van der Waals surface area contributed by atoms with Crippen LogP contribution in [-0.4, -0.2) is 30.1 Å². The number of anilines is 1. The lowest BCUT2D eigenvalue weighted by molar-refractivity contribution is -0.384. The van der Waals surface area contributed by atoms with Crippen molar-refractivity contribution in [3.63, 3.8) is 0 Å². The number of nitro benzene ring substituents is 1. The van der Waals surface area contributed by atoms with Gasteiger partial charge in [0.1, 0.15) is 6.54 Å². The number of benzene rings is 1. The number of ether oxygens (including phenoxy) is 1. The summed E-state index contributed by atoms with van der Waals surface area (Å²) in [6.07, 6.45) is 0. The van der Waals surface area contributed by atoms with Crippen molar-refractivity contribution < 1.29 is 14.5 Å². The van der Waals surface area contributed by atoms with Gasteiger partial charge in [0.05, 0.1) is 17.2 Å². The first-order valence-corrected chi connectivity index (χ1v) is 7.02. The largest absolute Gasteiger partial charge is 0.465 e. The topological polar surface area (TPSA) is 72.7 Å². The molecule has 0 bridgehead atoms. The molecule has 0 radical (unpaired) electrons. The first-order chi connectivity index (χ1) is 9.36. The molecule has 0 N–H and O–H groups in total. The summed E-state index contributed by atoms with van der Waals surface area (Å²) in [5.74, 6) is -0.327. The van der Waals surface area contributed by atoms with Crippen molar-refractivity contribution in [2.75, 3.05) is 18.1 Å². The van der Waals surface area contributed by atoms with Crippen LogP contribution in [0.1, 0.15) is 20.8 Å². The molecule has 0 spiro atoms. The van der Waals surface area contributed by atoms with Gasteiger partial charge in [0.2, 0.25) is 0 Å². The Hall–Kier alpha value is -1.63. The molecule has 0 fully saturated rings. The summed E-state index contributed by atoms with van der Waals surface area (Å²) in [6, 6.07) is 4.52. The molecule has 0 unspecified atom stereocenters. The molecule has 0 aromatic heterocycles. The molecular formula is C13H17BrN2O4. The average molecular weight is 345 g/mol. The minimum Gasteiger partial charge on any atom is -0.465 e. The second-order valence-electron chi connectivity index (χ2n) is 4.42. The Morgan fingerprint density at radius 2 is 2.15 bits per heavy atom. The lowest BCUT2D eigenvalue weighted by atomic mass is 10.2. The molecule has 7 heteroatoms. The summed E-state index contributed by atoms with van der Waals surface area (Å²) in [5, 5.41) is 10.7. The number of non-ortho nitro benzene ring substituents is 1. The SMILES string of the molecule is CCOC(=O)CN(c1ccc([N+](=O)[O-])cc1Br)C(C)C. The number of carbonyl (C=O) groups is 1. The second kappa shape index (κ2) is 7.23. The maximum atomic E-state index is 11.6. The third kappa shape index (κ3) is 4.19. The average Bonchev–Trinajstić information content (AvgIpc) is 2.36. The van der Waals surface area contributed by atoms with Crippen LogP contribution in [0.5, 0.6) is 0 Å². The highest BCUT2D eigenvalue weighted by Crippen LogP contribution is 2.31. The van der Waals surface area contributed by atoms with Gasteiger partial charge in [-0.15, -0.1) is 0 Å². The van der Waals surface area contributed by atoms with Crippen LogP contribution in [0.15, 0.2) is 22.7 Å².